The largest absolute Gasteiger partial charge is 0.366 e. The first-order chi connectivity index (χ1) is 9.28. The molecule has 2 aromatic heterocycles. The van der Waals surface area contributed by atoms with E-state index in [1.165, 1.54) is 25.7 Å². The van der Waals surface area contributed by atoms with E-state index in [1.54, 1.807) is 0 Å². The summed E-state index contributed by atoms with van der Waals surface area (Å²) in [6, 6.07) is 4.56. The number of nitrogens with zero attached hydrogens (tertiary/aromatic N) is 3. The van der Waals surface area contributed by atoms with Gasteiger partial charge in [-0.25, -0.2) is 9.50 Å². The molecule has 3 rings (SSSR count). The van der Waals surface area contributed by atoms with Crippen molar-refractivity contribution in [3.8, 4) is 0 Å². The highest BCUT2D eigenvalue weighted by Crippen LogP contribution is 2.23. The van der Waals surface area contributed by atoms with Crippen LogP contribution in [0.5, 0.6) is 0 Å². The lowest BCUT2D eigenvalue weighted by Crippen LogP contribution is -2.16. The van der Waals surface area contributed by atoms with E-state index in [2.05, 4.69) is 31.3 Å². The molecule has 0 aliphatic heterocycles. The van der Waals surface area contributed by atoms with Crippen LogP contribution in [0.2, 0.25) is 0 Å². The molecule has 0 radical (unpaired) electrons. The lowest BCUT2D eigenvalue weighted by Gasteiger charge is -2.12. The predicted octanol–water partition coefficient (Wildman–Crippen LogP) is 2.35. The third-order valence-electron chi connectivity index (χ3n) is 3.58. The molecule has 0 amide bonds. The van der Waals surface area contributed by atoms with Gasteiger partial charge in [0.25, 0.3) is 0 Å². The highest BCUT2D eigenvalue weighted by atomic mass is 79.9. The number of rotatable bonds is 4. The molecule has 2 aromatic rings. The highest BCUT2D eigenvalue weighted by molar-refractivity contribution is 9.10. The van der Waals surface area contributed by atoms with Crippen LogP contribution in [0, 0.1) is 0 Å². The second-order valence-electron chi connectivity index (χ2n) is 5.00. The molecule has 0 aromatic carbocycles. The summed E-state index contributed by atoms with van der Waals surface area (Å²) in [6.45, 7) is 0.593. The molecule has 0 unspecified atom stereocenters. The molecule has 1 aliphatic carbocycles. The summed E-state index contributed by atoms with van der Waals surface area (Å²) < 4.78 is 2.74. The van der Waals surface area contributed by atoms with Gasteiger partial charge < -0.3 is 11.1 Å². The molecule has 6 heteroatoms. The fourth-order valence-electron chi connectivity index (χ4n) is 2.60. The van der Waals surface area contributed by atoms with Gasteiger partial charge in [-0.15, -0.1) is 5.10 Å². The number of halogens is 1. The van der Waals surface area contributed by atoms with Crippen molar-refractivity contribution < 1.29 is 0 Å². The van der Waals surface area contributed by atoms with E-state index in [9.17, 15) is 0 Å². The van der Waals surface area contributed by atoms with E-state index < -0.39 is 0 Å². The smallest absolute Gasteiger partial charge is 0.155 e. The summed E-state index contributed by atoms with van der Waals surface area (Å²) >= 11 is 3.55. The van der Waals surface area contributed by atoms with Crippen molar-refractivity contribution >= 4 is 27.4 Å². The molecule has 0 spiro atoms. The number of aromatic nitrogens is 3. The van der Waals surface area contributed by atoms with Crippen molar-refractivity contribution in [3.05, 3.63) is 22.4 Å². The van der Waals surface area contributed by atoms with Crippen LogP contribution in [0.3, 0.4) is 0 Å². The Hall–Kier alpha value is -1.14. The number of hydrogen-bond acceptors (Lipinski definition) is 4. The minimum atomic E-state index is 0.566. The molecule has 5 nitrogen and oxygen atoms in total. The van der Waals surface area contributed by atoms with Crippen LogP contribution in [0.1, 0.15) is 31.4 Å². The maximum absolute atomic E-state index is 5.59. The van der Waals surface area contributed by atoms with E-state index >= 15 is 0 Å². The summed E-state index contributed by atoms with van der Waals surface area (Å²) in [6.07, 6.45) is 5.87. The van der Waals surface area contributed by atoms with Crippen LogP contribution in [0.15, 0.2) is 16.7 Å². The topological polar surface area (TPSA) is 68.2 Å². The van der Waals surface area contributed by atoms with Crippen LogP contribution < -0.4 is 11.1 Å². The molecular formula is C13H18BrN5. The molecule has 0 bridgehead atoms. The van der Waals surface area contributed by atoms with Gasteiger partial charge in [0.05, 0.1) is 5.69 Å². The molecule has 19 heavy (non-hydrogen) atoms. The monoisotopic (exact) mass is 323 g/mol. The van der Waals surface area contributed by atoms with Gasteiger partial charge in [0.2, 0.25) is 0 Å². The van der Waals surface area contributed by atoms with Crippen LogP contribution in [-0.2, 0) is 6.42 Å². The Kier molecular flexibility index (Phi) is 3.70. The van der Waals surface area contributed by atoms with Crippen LogP contribution >= 0.6 is 15.9 Å². The quantitative estimate of drug-likeness (QED) is 0.906. The first kappa shape index (κ1) is 12.9. The predicted molar refractivity (Wildman–Crippen MR) is 79.3 cm³/mol. The maximum atomic E-state index is 5.59. The Morgan fingerprint density at radius 2 is 2.16 bits per heavy atom. The fraction of sp³-hybridized carbons (Fsp3) is 0.538. The van der Waals surface area contributed by atoms with Crippen molar-refractivity contribution in [2.75, 3.05) is 11.9 Å². The summed E-state index contributed by atoms with van der Waals surface area (Å²) in [5, 5.41) is 8.09. The second kappa shape index (κ2) is 5.46. The Labute approximate surface area is 120 Å². The molecule has 3 N–H and O–H groups in total. The summed E-state index contributed by atoms with van der Waals surface area (Å²) in [5.74, 6) is 0.914. The van der Waals surface area contributed by atoms with E-state index in [-0.39, 0.29) is 0 Å². The SMILES string of the molecule is NCCc1nc2ccc(NC3CCCC3)nn2c1Br. The van der Waals surface area contributed by atoms with Gasteiger partial charge in [-0.05, 0) is 47.4 Å². The lowest BCUT2D eigenvalue weighted by molar-refractivity contribution is 0.742. The number of hydrogen-bond donors (Lipinski definition) is 2. The van der Waals surface area contributed by atoms with Crippen molar-refractivity contribution in [3.63, 3.8) is 0 Å². The van der Waals surface area contributed by atoms with Crippen molar-refractivity contribution in [1.82, 2.24) is 14.6 Å². The summed E-state index contributed by atoms with van der Waals surface area (Å²) in [5.41, 5.74) is 7.41. The third-order valence-corrected chi connectivity index (χ3v) is 4.37. The molecule has 2 heterocycles. The molecule has 0 atom stereocenters. The first-order valence-corrected chi connectivity index (χ1v) is 7.58. The minimum Gasteiger partial charge on any atom is -0.366 e. The zero-order valence-electron chi connectivity index (χ0n) is 10.8. The zero-order valence-corrected chi connectivity index (χ0v) is 12.4. The van der Waals surface area contributed by atoms with Gasteiger partial charge in [-0.1, -0.05) is 12.8 Å². The second-order valence-corrected chi connectivity index (χ2v) is 5.75. The van der Waals surface area contributed by atoms with Crippen molar-refractivity contribution in [1.29, 1.82) is 0 Å². The van der Waals surface area contributed by atoms with Gasteiger partial charge in [0.1, 0.15) is 10.4 Å². The van der Waals surface area contributed by atoms with Gasteiger partial charge in [0.15, 0.2) is 5.65 Å². The number of nitrogens with one attached hydrogen (secondary N) is 1. The Morgan fingerprint density at radius 1 is 1.37 bits per heavy atom. The highest BCUT2D eigenvalue weighted by Gasteiger charge is 2.16. The fourth-order valence-corrected chi connectivity index (χ4v) is 3.15. The van der Waals surface area contributed by atoms with Gasteiger partial charge in [-0.2, -0.15) is 0 Å². The number of nitrogens with two attached hydrogens (primary N) is 1. The minimum absolute atomic E-state index is 0.566. The Morgan fingerprint density at radius 3 is 2.89 bits per heavy atom. The summed E-state index contributed by atoms with van der Waals surface area (Å²) in [4.78, 5) is 4.52. The molecule has 102 valence electrons. The number of imidazole rings is 1. The average Bonchev–Trinajstić information content (AvgIpc) is 3.01. The van der Waals surface area contributed by atoms with Crippen LogP contribution in [0.25, 0.3) is 5.65 Å². The van der Waals surface area contributed by atoms with Gasteiger partial charge in [-0.3, -0.25) is 0 Å². The normalized spacial score (nSPS) is 16.3. The Balaban J connectivity index is 1.88. The average molecular weight is 324 g/mol. The van der Waals surface area contributed by atoms with E-state index in [0.29, 0.717) is 12.6 Å². The molecule has 1 saturated carbocycles. The third kappa shape index (κ3) is 2.60. The molecular weight excluding hydrogens is 306 g/mol. The summed E-state index contributed by atoms with van der Waals surface area (Å²) in [7, 11) is 0. The van der Waals surface area contributed by atoms with Gasteiger partial charge >= 0.3 is 0 Å². The van der Waals surface area contributed by atoms with Gasteiger partial charge in [0, 0.05) is 12.5 Å². The van der Waals surface area contributed by atoms with Crippen LogP contribution in [-0.4, -0.2) is 27.2 Å². The molecule has 0 saturated heterocycles. The number of anilines is 1. The standard InChI is InChI=1S/C13H18BrN5/c14-13-10(7-8-15)17-12-6-5-11(18-19(12)13)16-9-3-1-2-4-9/h5-6,9H,1-4,7-8,15H2,(H,16,18). The maximum Gasteiger partial charge on any atom is 0.155 e. The van der Waals surface area contributed by atoms with Crippen LogP contribution in [0.4, 0.5) is 5.82 Å². The number of fused-ring (bicyclic) bond motifs is 1. The van der Waals surface area contributed by atoms with E-state index in [1.807, 2.05) is 16.6 Å². The first-order valence-electron chi connectivity index (χ1n) is 6.78. The van der Waals surface area contributed by atoms with E-state index in [0.717, 1.165) is 28.2 Å². The lowest BCUT2D eigenvalue weighted by atomic mass is 10.2. The molecule has 1 aliphatic rings. The van der Waals surface area contributed by atoms with Crippen molar-refractivity contribution in [2.24, 2.45) is 5.73 Å². The van der Waals surface area contributed by atoms with Crippen molar-refractivity contribution in [2.45, 2.75) is 38.1 Å². The molecule has 1 fully saturated rings. The zero-order chi connectivity index (χ0) is 13.2. The van der Waals surface area contributed by atoms with E-state index in [4.69, 9.17) is 5.73 Å². The Bertz CT molecular complexity index is 574.